The van der Waals surface area contributed by atoms with E-state index >= 15 is 0 Å². The summed E-state index contributed by atoms with van der Waals surface area (Å²) in [5.41, 5.74) is 6.60. The largest absolute Gasteiger partial charge is 0.350 e. The zero-order valence-corrected chi connectivity index (χ0v) is 11.6. The SMILES string of the molecule is N[C@H]1CCN(c2nccn(Cc3ccc(F)cc3)c2=O)C1. The predicted molar refractivity (Wildman–Crippen MR) is 78.8 cm³/mol. The van der Waals surface area contributed by atoms with E-state index in [1.807, 2.05) is 4.90 Å². The fourth-order valence-electron chi connectivity index (χ4n) is 2.54. The van der Waals surface area contributed by atoms with Gasteiger partial charge in [-0.05, 0) is 24.1 Å². The van der Waals surface area contributed by atoms with E-state index in [1.165, 1.54) is 12.1 Å². The lowest BCUT2D eigenvalue weighted by atomic mass is 10.2. The fourth-order valence-corrected chi connectivity index (χ4v) is 2.54. The molecule has 5 nitrogen and oxygen atoms in total. The van der Waals surface area contributed by atoms with Gasteiger partial charge in [0.05, 0.1) is 6.54 Å². The Balaban J connectivity index is 1.86. The molecule has 3 rings (SSSR count). The smallest absolute Gasteiger partial charge is 0.293 e. The average molecular weight is 288 g/mol. The predicted octanol–water partition coefficient (Wildman–Crippen LogP) is 0.968. The van der Waals surface area contributed by atoms with Crippen LogP contribution in [0.1, 0.15) is 12.0 Å². The topological polar surface area (TPSA) is 64.2 Å². The highest BCUT2D eigenvalue weighted by Crippen LogP contribution is 2.13. The molecule has 1 aromatic carbocycles. The molecular weight excluding hydrogens is 271 g/mol. The van der Waals surface area contributed by atoms with Crippen molar-refractivity contribution in [1.82, 2.24) is 9.55 Å². The monoisotopic (exact) mass is 288 g/mol. The molecule has 2 heterocycles. The quantitative estimate of drug-likeness (QED) is 0.914. The first-order chi connectivity index (χ1) is 10.1. The Bertz CT molecular complexity index is 683. The van der Waals surface area contributed by atoms with Gasteiger partial charge in [0.2, 0.25) is 0 Å². The lowest BCUT2D eigenvalue weighted by Crippen LogP contribution is -2.33. The summed E-state index contributed by atoms with van der Waals surface area (Å²) in [7, 11) is 0. The van der Waals surface area contributed by atoms with Gasteiger partial charge in [-0.1, -0.05) is 12.1 Å². The number of nitrogens with zero attached hydrogens (tertiary/aromatic N) is 3. The van der Waals surface area contributed by atoms with Gasteiger partial charge in [-0.25, -0.2) is 9.37 Å². The second-order valence-corrected chi connectivity index (χ2v) is 5.31. The van der Waals surface area contributed by atoms with E-state index in [1.54, 1.807) is 29.1 Å². The second kappa shape index (κ2) is 5.65. The van der Waals surface area contributed by atoms with Crippen molar-refractivity contribution in [2.24, 2.45) is 5.73 Å². The molecule has 1 aliphatic heterocycles. The van der Waals surface area contributed by atoms with Crippen LogP contribution in [0.15, 0.2) is 41.5 Å². The van der Waals surface area contributed by atoms with E-state index in [4.69, 9.17) is 5.73 Å². The molecule has 1 saturated heterocycles. The molecule has 2 N–H and O–H groups in total. The lowest BCUT2D eigenvalue weighted by molar-refractivity contribution is 0.626. The Labute approximate surface area is 121 Å². The van der Waals surface area contributed by atoms with Gasteiger partial charge in [-0.3, -0.25) is 4.79 Å². The van der Waals surface area contributed by atoms with Crippen LogP contribution in [0.3, 0.4) is 0 Å². The van der Waals surface area contributed by atoms with Crippen LogP contribution in [-0.2, 0) is 6.54 Å². The van der Waals surface area contributed by atoms with Gasteiger partial charge < -0.3 is 15.2 Å². The Morgan fingerprint density at radius 1 is 1.33 bits per heavy atom. The first kappa shape index (κ1) is 13.8. The van der Waals surface area contributed by atoms with Crippen LogP contribution < -0.4 is 16.2 Å². The molecule has 0 radical (unpaired) electrons. The summed E-state index contributed by atoms with van der Waals surface area (Å²) in [6.07, 6.45) is 4.13. The third kappa shape index (κ3) is 2.95. The van der Waals surface area contributed by atoms with E-state index in [9.17, 15) is 9.18 Å². The van der Waals surface area contributed by atoms with Crippen molar-refractivity contribution < 1.29 is 4.39 Å². The first-order valence-corrected chi connectivity index (χ1v) is 6.94. The van der Waals surface area contributed by atoms with Crippen LogP contribution in [0.5, 0.6) is 0 Å². The fraction of sp³-hybridized carbons (Fsp3) is 0.333. The summed E-state index contributed by atoms with van der Waals surface area (Å²) in [6, 6.07) is 6.22. The van der Waals surface area contributed by atoms with Gasteiger partial charge in [-0.15, -0.1) is 0 Å². The Kier molecular flexibility index (Phi) is 3.70. The maximum Gasteiger partial charge on any atom is 0.293 e. The maximum atomic E-state index is 12.9. The number of rotatable bonds is 3. The molecule has 1 fully saturated rings. The molecule has 2 aromatic rings. The highest BCUT2D eigenvalue weighted by Gasteiger charge is 2.22. The number of benzene rings is 1. The van der Waals surface area contributed by atoms with E-state index in [0.29, 0.717) is 18.9 Å². The van der Waals surface area contributed by atoms with E-state index in [2.05, 4.69) is 4.98 Å². The van der Waals surface area contributed by atoms with Crippen LogP contribution in [-0.4, -0.2) is 28.7 Å². The number of nitrogens with two attached hydrogens (primary N) is 1. The van der Waals surface area contributed by atoms with Crippen molar-refractivity contribution in [3.8, 4) is 0 Å². The summed E-state index contributed by atoms with van der Waals surface area (Å²) in [5, 5.41) is 0. The van der Waals surface area contributed by atoms with Crippen LogP contribution in [0.4, 0.5) is 10.2 Å². The standard InChI is InChI=1S/C15H17FN4O/c16-12-3-1-11(2-4-12)9-20-8-6-18-14(15(20)21)19-7-5-13(17)10-19/h1-4,6,8,13H,5,7,9-10,17H2/t13-/m0/s1. The Morgan fingerprint density at radius 2 is 2.10 bits per heavy atom. The number of anilines is 1. The molecular formula is C15H17FN4O. The van der Waals surface area contributed by atoms with Crippen molar-refractivity contribution in [1.29, 1.82) is 0 Å². The van der Waals surface area contributed by atoms with Crippen molar-refractivity contribution in [3.63, 3.8) is 0 Å². The Morgan fingerprint density at radius 3 is 2.76 bits per heavy atom. The van der Waals surface area contributed by atoms with Gasteiger partial charge in [0.1, 0.15) is 5.82 Å². The number of aromatic nitrogens is 2. The molecule has 21 heavy (non-hydrogen) atoms. The van der Waals surface area contributed by atoms with Crippen LogP contribution >= 0.6 is 0 Å². The molecule has 0 amide bonds. The molecule has 0 spiro atoms. The molecule has 6 heteroatoms. The molecule has 0 unspecified atom stereocenters. The first-order valence-electron chi connectivity index (χ1n) is 6.94. The maximum absolute atomic E-state index is 12.9. The van der Waals surface area contributed by atoms with Crippen molar-refractivity contribution in [2.75, 3.05) is 18.0 Å². The van der Waals surface area contributed by atoms with Gasteiger partial charge in [0, 0.05) is 31.5 Å². The van der Waals surface area contributed by atoms with Crippen molar-refractivity contribution >= 4 is 5.82 Å². The summed E-state index contributed by atoms with van der Waals surface area (Å²) < 4.78 is 14.5. The van der Waals surface area contributed by atoms with E-state index in [-0.39, 0.29) is 17.4 Å². The zero-order valence-electron chi connectivity index (χ0n) is 11.6. The second-order valence-electron chi connectivity index (χ2n) is 5.31. The van der Waals surface area contributed by atoms with Crippen LogP contribution in [0.2, 0.25) is 0 Å². The minimum Gasteiger partial charge on any atom is -0.350 e. The number of hydrogen-bond donors (Lipinski definition) is 1. The highest BCUT2D eigenvalue weighted by atomic mass is 19.1. The number of halogens is 1. The highest BCUT2D eigenvalue weighted by molar-refractivity contribution is 5.37. The zero-order chi connectivity index (χ0) is 14.8. The number of hydrogen-bond acceptors (Lipinski definition) is 4. The third-order valence-corrected chi connectivity index (χ3v) is 3.69. The molecule has 1 atom stereocenters. The molecule has 110 valence electrons. The van der Waals surface area contributed by atoms with Crippen LogP contribution in [0.25, 0.3) is 0 Å². The molecule has 0 aliphatic carbocycles. The van der Waals surface area contributed by atoms with Gasteiger partial charge in [0.15, 0.2) is 5.82 Å². The Hall–Kier alpha value is -2.21. The molecule has 0 bridgehead atoms. The van der Waals surface area contributed by atoms with Gasteiger partial charge in [-0.2, -0.15) is 0 Å². The molecule has 0 saturated carbocycles. The summed E-state index contributed by atoms with van der Waals surface area (Å²) >= 11 is 0. The normalized spacial score (nSPS) is 18.2. The van der Waals surface area contributed by atoms with E-state index < -0.39 is 0 Å². The van der Waals surface area contributed by atoms with Gasteiger partial charge in [0.25, 0.3) is 5.56 Å². The van der Waals surface area contributed by atoms with E-state index in [0.717, 1.165) is 18.5 Å². The van der Waals surface area contributed by atoms with Gasteiger partial charge >= 0.3 is 0 Å². The lowest BCUT2D eigenvalue weighted by Gasteiger charge is -2.17. The minimum atomic E-state index is -0.285. The third-order valence-electron chi connectivity index (χ3n) is 3.69. The van der Waals surface area contributed by atoms with Crippen LogP contribution in [0, 0.1) is 5.82 Å². The summed E-state index contributed by atoms with van der Waals surface area (Å²) in [5.74, 6) is 0.153. The van der Waals surface area contributed by atoms with Crippen molar-refractivity contribution in [2.45, 2.75) is 19.0 Å². The average Bonchev–Trinajstić information content (AvgIpc) is 2.90. The summed E-state index contributed by atoms with van der Waals surface area (Å²) in [4.78, 5) is 18.6. The molecule has 1 aromatic heterocycles. The molecule has 1 aliphatic rings. The minimum absolute atomic E-state index is 0.0944. The summed E-state index contributed by atoms with van der Waals surface area (Å²) in [6.45, 7) is 1.81. The van der Waals surface area contributed by atoms with Crippen molar-refractivity contribution in [3.05, 3.63) is 58.4 Å².